The third-order valence-corrected chi connectivity index (χ3v) is 21.9. The summed E-state index contributed by atoms with van der Waals surface area (Å²) in [7, 11) is -5.66. The Morgan fingerprint density at radius 2 is 0.792 bits per heavy atom. The van der Waals surface area contributed by atoms with Gasteiger partial charge in [0.2, 0.25) is 10.0 Å². The van der Waals surface area contributed by atoms with Crippen molar-refractivity contribution in [1.82, 2.24) is 24.7 Å². The molecule has 0 aliphatic carbocycles. The molecule has 0 saturated carbocycles. The summed E-state index contributed by atoms with van der Waals surface area (Å²) in [6.45, 7) is 22.3. The number of aromatic amines is 2. The van der Waals surface area contributed by atoms with Crippen molar-refractivity contribution < 1.29 is 58.0 Å². The van der Waals surface area contributed by atoms with Crippen LogP contribution in [0.15, 0.2) is 219 Å². The maximum Gasteiger partial charge on any atom is 0.261 e. The van der Waals surface area contributed by atoms with Gasteiger partial charge in [-0.25, -0.2) is 39.9 Å². The fourth-order valence-corrected chi connectivity index (χ4v) is 14.9. The first-order valence-corrected chi connectivity index (χ1v) is 37.4. The number of aliphatic imine (C=N–C) groups is 2. The van der Waals surface area contributed by atoms with Gasteiger partial charge in [-0.1, -0.05) is 206 Å². The molecule has 2 aromatic heterocycles. The molecule has 1 radical (unpaired) electrons. The van der Waals surface area contributed by atoms with Crippen LogP contribution in [-0.2, 0) is 61.6 Å². The summed E-state index contributed by atoms with van der Waals surface area (Å²) < 4.78 is 77.2. The van der Waals surface area contributed by atoms with E-state index in [9.17, 15) is 25.3 Å². The predicted molar refractivity (Wildman–Crippen MR) is 389 cm³/mol. The van der Waals surface area contributed by atoms with E-state index in [0.717, 1.165) is 85.1 Å². The van der Waals surface area contributed by atoms with E-state index in [0.29, 0.717) is 29.0 Å². The van der Waals surface area contributed by atoms with Crippen molar-refractivity contribution in [2.24, 2.45) is 45.1 Å². The molecule has 0 spiro atoms. The normalized spacial score (nSPS) is 14.6. The molecule has 0 amide bonds. The Balaban J connectivity index is 0.000000226. The van der Waals surface area contributed by atoms with Crippen LogP contribution in [-0.4, -0.2) is 74.4 Å². The van der Waals surface area contributed by atoms with Crippen LogP contribution < -0.4 is 16.2 Å². The summed E-state index contributed by atoms with van der Waals surface area (Å²) in [5.41, 5.74) is 30.3. The Morgan fingerprint density at radius 3 is 1.19 bits per heavy atom. The van der Waals surface area contributed by atoms with E-state index in [1.165, 1.54) is 34.4 Å². The molecule has 7 N–H and O–H groups in total. The Hall–Kier alpha value is -7.10. The van der Waals surface area contributed by atoms with Gasteiger partial charge in [0.25, 0.3) is 9.05 Å². The SMILES string of the molecule is CC(C)[C@H](N)C1=NC=C(c2ccc(-c3ccc(-c4cnc([C@@H](N)C(C)C)[nH]4)cc3)cc2)C1.Cc1ccc(S(=O)(=O)C[C@H](c2ncc(-c3ccc(-c4ccc(C5=CN=C(C(NS(=O)(=O)c6ccc(C)cc6)C(C)C)C5)cc4)cc3)[nH]2)C(C)C)cc1.Cc1ccc(S(=O)(=O)Cl)cc1.[Y]. The molecule has 20 heteroatoms. The minimum absolute atomic E-state index is 0. The molecule has 9 aromatic rings. The van der Waals surface area contributed by atoms with Gasteiger partial charge in [-0.15, -0.1) is 0 Å². The number of sulfone groups is 1. The van der Waals surface area contributed by atoms with Crippen molar-refractivity contribution in [1.29, 1.82) is 0 Å². The van der Waals surface area contributed by atoms with Crippen LogP contribution in [0.5, 0.6) is 0 Å². The van der Waals surface area contributed by atoms with E-state index < -0.39 is 35.0 Å². The monoisotopic (exact) mass is 1440 g/mol. The smallest absolute Gasteiger partial charge is 0.261 e. The maximum atomic E-state index is 13.3. The molecule has 96 heavy (non-hydrogen) atoms. The van der Waals surface area contributed by atoms with E-state index >= 15 is 0 Å². The molecule has 1 unspecified atom stereocenters. The van der Waals surface area contributed by atoms with E-state index in [2.05, 4.69) is 147 Å². The number of nitrogens with one attached hydrogen (secondary N) is 3. The number of hydrogen-bond donors (Lipinski definition) is 5. The second-order valence-corrected chi connectivity index (χ2v) is 32.3. The molecule has 4 atom stereocenters. The second-order valence-electron chi connectivity index (χ2n) is 26.0. The summed E-state index contributed by atoms with van der Waals surface area (Å²) in [6, 6.07) is 53.5. The fraction of sp³-hybridized carbons (Fsp3) is 0.289. The standard InChI is InChI=1S/C42H46N4O4S2.C27H33N5.C7H7ClO2S.Y/c1-27(2)38(26-51(47,48)36-19-7-29(5)8-20-36)42-44-25-40(45-42)34-17-15-32(16-18-34)31-11-13-33(14-12-31)35-23-39(43-24-35)41(28(3)4)46-52(49,50)37-21-9-30(6)10-22-37;1-16(2)25(28)23-13-22(14-30-23)20-7-5-18(6-8-20)19-9-11-21(12-10-19)24-15-31-27(32-24)26(29)17(3)4;1-6-2-4-7(5-3-6)11(8,9)10;/h7-22,24-25,27-28,38,41,46H,23,26H2,1-6H3,(H,44,45);5-12,14-17,25-26H,13,28-29H2,1-4H3,(H,31,32);2-5H,1H3;/t38-,41?;25-,26-;;/m00../s1. The number of allylic oxidation sites excluding steroid dienone is 2. The van der Waals surface area contributed by atoms with Gasteiger partial charge in [-0.2, -0.15) is 0 Å². The van der Waals surface area contributed by atoms with Crippen molar-refractivity contribution >= 4 is 62.2 Å². The van der Waals surface area contributed by atoms with Crippen LogP contribution in [0.4, 0.5) is 0 Å². The van der Waals surface area contributed by atoms with Gasteiger partial charge in [0.1, 0.15) is 11.6 Å². The first kappa shape index (κ1) is 74.7. The molecule has 7 aromatic carbocycles. The average Bonchev–Trinajstić information content (AvgIpc) is 1.55. The zero-order chi connectivity index (χ0) is 68.5. The molecule has 0 fully saturated rings. The molecule has 2 aliphatic heterocycles. The van der Waals surface area contributed by atoms with Crippen molar-refractivity contribution in [2.75, 3.05) is 5.75 Å². The van der Waals surface area contributed by atoms with Crippen LogP contribution in [0, 0.1) is 44.4 Å². The molecule has 4 heterocycles. The third kappa shape index (κ3) is 19.2. The summed E-state index contributed by atoms with van der Waals surface area (Å²) in [5, 5.41) is 0. The molecule has 0 saturated heterocycles. The zero-order valence-electron chi connectivity index (χ0n) is 56.3. The largest absolute Gasteiger partial charge is 0.342 e. The van der Waals surface area contributed by atoms with Crippen LogP contribution >= 0.6 is 10.7 Å². The number of sulfonamides is 1. The summed E-state index contributed by atoms with van der Waals surface area (Å²) in [5.74, 6) is 2.00. The van der Waals surface area contributed by atoms with Gasteiger partial charge >= 0.3 is 0 Å². The van der Waals surface area contributed by atoms with Gasteiger partial charge < -0.3 is 21.4 Å². The molecule has 499 valence electrons. The zero-order valence-corrected chi connectivity index (χ0v) is 62.3. The molecular weight excluding hydrogens is 1360 g/mol. The van der Waals surface area contributed by atoms with E-state index in [4.69, 9.17) is 22.1 Å². The number of rotatable bonds is 21. The quantitative estimate of drug-likeness (QED) is 0.0426. The average molecular weight is 1440 g/mol. The number of benzene rings is 7. The Labute approximate surface area is 597 Å². The number of H-pyrrole nitrogens is 2. The van der Waals surface area contributed by atoms with Gasteiger partial charge in [-0.05, 0) is 136 Å². The van der Waals surface area contributed by atoms with Crippen molar-refractivity contribution in [3.63, 3.8) is 0 Å². The summed E-state index contributed by atoms with van der Waals surface area (Å²) >= 11 is 0. The Bertz CT molecular complexity index is 4590. The number of nitrogens with zero attached hydrogens (tertiary/aromatic N) is 4. The van der Waals surface area contributed by atoms with E-state index in [1.54, 1.807) is 54.7 Å². The number of aromatic nitrogens is 4. The second kappa shape index (κ2) is 32.5. The van der Waals surface area contributed by atoms with Gasteiger partial charge in [0.05, 0.1) is 56.3 Å². The summed E-state index contributed by atoms with van der Waals surface area (Å²) in [6.07, 6.45) is 8.84. The minimum Gasteiger partial charge on any atom is -0.342 e. The van der Waals surface area contributed by atoms with Crippen LogP contribution in [0.3, 0.4) is 0 Å². The van der Waals surface area contributed by atoms with Crippen molar-refractivity contribution in [2.45, 2.75) is 128 Å². The van der Waals surface area contributed by atoms with Gasteiger partial charge in [0, 0.05) is 92.0 Å². The van der Waals surface area contributed by atoms with E-state index in [1.807, 2.05) is 91.3 Å². The van der Waals surface area contributed by atoms with Crippen LogP contribution in [0.1, 0.15) is 120 Å². The molecular formula is C76H86ClN9O6S3Y. The first-order chi connectivity index (χ1) is 45.0. The molecule has 0 bridgehead atoms. The van der Waals surface area contributed by atoms with Gasteiger partial charge in [0.15, 0.2) is 9.84 Å². The maximum absolute atomic E-state index is 13.3. The Morgan fingerprint density at radius 1 is 0.438 bits per heavy atom. The number of halogens is 1. The number of imidazole rings is 2. The number of hydrogen-bond acceptors (Lipinski definition) is 12. The van der Waals surface area contributed by atoms with Gasteiger partial charge in [-0.3, -0.25) is 9.98 Å². The third-order valence-electron chi connectivity index (χ3n) is 17.3. The first-order valence-electron chi connectivity index (χ1n) is 32.0. The van der Waals surface area contributed by atoms with Crippen molar-refractivity contribution in [3.05, 3.63) is 234 Å². The minimum atomic E-state index is -3.70. The topological polar surface area (TPSA) is 249 Å². The van der Waals surface area contributed by atoms with Crippen molar-refractivity contribution in [3.8, 4) is 44.8 Å². The van der Waals surface area contributed by atoms with Crippen LogP contribution in [0.25, 0.3) is 55.9 Å². The number of nitrogens with two attached hydrogens (primary N) is 2. The van der Waals surface area contributed by atoms with Crippen LogP contribution in [0.2, 0.25) is 0 Å². The fourth-order valence-electron chi connectivity index (χ4n) is 11.0. The Kier molecular flexibility index (Phi) is 25.3. The molecule has 11 rings (SSSR count). The molecule has 15 nitrogen and oxygen atoms in total. The van der Waals surface area contributed by atoms with E-state index in [-0.39, 0.29) is 78.1 Å². The summed E-state index contributed by atoms with van der Waals surface area (Å²) in [4.78, 5) is 25.8. The number of aryl methyl sites for hydroxylation is 3. The predicted octanol–water partition coefficient (Wildman–Crippen LogP) is 16.3. The molecule has 2 aliphatic rings.